The normalized spacial score (nSPS) is 13.6. The van der Waals surface area contributed by atoms with Crippen LogP contribution in [0.3, 0.4) is 0 Å². The molecule has 1 aliphatic rings. The van der Waals surface area contributed by atoms with Gasteiger partial charge in [0.1, 0.15) is 5.82 Å². The minimum atomic E-state index is -0.0619. The number of para-hydroxylation sites is 1. The summed E-state index contributed by atoms with van der Waals surface area (Å²) >= 11 is 0. The average Bonchev–Trinajstić information content (AvgIpc) is 2.72. The van der Waals surface area contributed by atoms with Crippen LogP contribution in [0.25, 0.3) is 5.69 Å². The Hall–Kier alpha value is -2.17. The lowest BCUT2D eigenvalue weighted by Gasteiger charge is -2.08. The van der Waals surface area contributed by atoms with E-state index in [1.54, 1.807) is 0 Å². The Balaban J connectivity index is 2.31. The summed E-state index contributed by atoms with van der Waals surface area (Å²) in [5.74, 6) is 1.59. The Kier molecular flexibility index (Phi) is 2.18. The minimum absolute atomic E-state index is 0.0619. The Bertz CT molecular complexity index is 588. The average molecular weight is 228 g/mol. The third-order valence-corrected chi connectivity index (χ3v) is 2.91. The molecule has 3 rings (SSSR count). The van der Waals surface area contributed by atoms with Crippen molar-refractivity contribution in [1.82, 2.24) is 20.1 Å². The van der Waals surface area contributed by atoms with E-state index < -0.39 is 0 Å². The van der Waals surface area contributed by atoms with E-state index in [-0.39, 0.29) is 5.91 Å². The van der Waals surface area contributed by atoms with Crippen LogP contribution in [0.4, 0.5) is 0 Å². The number of carbonyl (C=O) groups excluding carboxylic acids is 1. The second-order valence-corrected chi connectivity index (χ2v) is 3.92. The van der Waals surface area contributed by atoms with E-state index in [0.29, 0.717) is 12.1 Å². The van der Waals surface area contributed by atoms with Crippen molar-refractivity contribution in [3.05, 3.63) is 41.5 Å². The highest BCUT2D eigenvalue weighted by molar-refractivity contribution is 5.98. The number of amides is 1. The number of rotatable bonds is 1. The number of nitrogens with zero attached hydrogens (tertiary/aromatic N) is 3. The molecule has 1 amide bonds. The maximum absolute atomic E-state index is 11.9. The molecule has 0 atom stereocenters. The van der Waals surface area contributed by atoms with E-state index >= 15 is 0 Å². The van der Waals surface area contributed by atoms with Crippen molar-refractivity contribution in [3.8, 4) is 5.69 Å². The Labute approximate surface area is 98.5 Å². The summed E-state index contributed by atoms with van der Waals surface area (Å²) in [5, 5.41) is 11.1. The highest BCUT2D eigenvalue weighted by atomic mass is 16.1. The van der Waals surface area contributed by atoms with Gasteiger partial charge in [-0.1, -0.05) is 19.1 Å². The monoisotopic (exact) mass is 228 g/mol. The number of hydrogen-bond donors (Lipinski definition) is 1. The highest BCUT2D eigenvalue weighted by Crippen LogP contribution is 2.21. The Morgan fingerprint density at radius 3 is 3.00 bits per heavy atom. The van der Waals surface area contributed by atoms with Gasteiger partial charge in [-0.3, -0.25) is 9.36 Å². The molecule has 5 nitrogen and oxygen atoms in total. The molecule has 0 spiro atoms. The van der Waals surface area contributed by atoms with Crippen molar-refractivity contribution in [1.29, 1.82) is 0 Å². The first-order chi connectivity index (χ1) is 8.31. The Morgan fingerprint density at radius 2 is 2.18 bits per heavy atom. The van der Waals surface area contributed by atoms with Crippen molar-refractivity contribution >= 4 is 5.91 Å². The number of carbonyl (C=O) groups is 1. The second-order valence-electron chi connectivity index (χ2n) is 3.92. The summed E-state index contributed by atoms with van der Waals surface area (Å²) in [7, 11) is 0. The van der Waals surface area contributed by atoms with Gasteiger partial charge in [0.25, 0.3) is 5.91 Å². The highest BCUT2D eigenvalue weighted by Gasteiger charge is 2.22. The zero-order valence-electron chi connectivity index (χ0n) is 9.47. The summed E-state index contributed by atoms with van der Waals surface area (Å²) in [5.41, 5.74) is 1.53. The molecule has 5 heteroatoms. The largest absolute Gasteiger partial charge is 0.345 e. The molecule has 0 fully saturated rings. The molecule has 0 unspecified atom stereocenters. The van der Waals surface area contributed by atoms with E-state index in [1.165, 1.54) is 0 Å². The fraction of sp³-hybridized carbons (Fsp3) is 0.250. The van der Waals surface area contributed by atoms with Gasteiger partial charge in [0, 0.05) is 6.42 Å². The predicted molar refractivity (Wildman–Crippen MR) is 61.9 cm³/mol. The summed E-state index contributed by atoms with van der Waals surface area (Å²) in [6, 6.07) is 7.52. The lowest BCUT2D eigenvalue weighted by molar-refractivity contribution is 0.0952. The van der Waals surface area contributed by atoms with Gasteiger partial charge in [0.05, 0.1) is 17.8 Å². The fourth-order valence-electron chi connectivity index (χ4n) is 2.09. The molecule has 0 saturated carbocycles. The maximum atomic E-state index is 11.9. The van der Waals surface area contributed by atoms with Gasteiger partial charge in [-0.25, -0.2) is 0 Å². The van der Waals surface area contributed by atoms with E-state index in [1.807, 2.05) is 35.8 Å². The Morgan fingerprint density at radius 1 is 1.35 bits per heavy atom. The van der Waals surface area contributed by atoms with Crippen LogP contribution in [-0.2, 0) is 13.0 Å². The van der Waals surface area contributed by atoms with Gasteiger partial charge in [-0.15, -0.1) is 10.2 Å². The topological polar surface area (TPSA) is 59.8 Å². The van der Waals surface area contributed by atoms with Gasteiger partial charge in [0.2, 0.25) is 0 Å². The zero-order chi connectivity index (χ0) is 11.8. The van der Waals surface area contributed by atoms with Crippen LogP contribution in [0.2, 0.25) is 0 Å². The third kappa shape index (κ3) is 1.43. The van der Waals surface area contributed by atoms with Crippen LogP contribution >= 0.6 is 0 Å². The van der Waals surface area contributed by atoms with Gasteiger partial charge in [0.15, 0.2) is 5.82 Å². The van der Waals surface area contributed by atoms with Crippen LogP contribution in [-0.4, -0.2) is 20.7 Å². The third-order valence-electron chi connectivity index (χ3n) is 2.91. The number of aromatic nitrogens is 3. The summed E-state index contributed by atoms with van der Waals surface area (Å²) < 4.78 is 1.97. The molecule has 2 heterocycles. The van der Waals surface area contributed by atoms with Crippen LogP contribution in [0.5, 0.6) is 0 Å². The number of hydrogen-bond acceptors (Lipinski definition) is 3. The van der Waals surface area contributed by atoms with Gasteiger partial charge in [-0.05, 0) is 12.1 Å². The standard InChI is InChI=1S/C12H12N4O/c1-2-10-14-15-11-7-13-12(17)8-5-3-4-6-9(8)16(10)11/h3-6H,2,7H2,1H3,(H,13,17). The van der Waals surface area contributed by atoms with Crippen molar-refractivity contribution in [2.75, 3.05) is 0 Å². The molecule has 2 aromatic rings. The number of fused-ring (bicyclic) bond motifs is 3. The van der Waals surface area contributed by atoms with Crippen LogP contribution < -0.4 is 5.32 Å². The summed E-state index contributed by atoms with van der Waals surface area (Å²) in [6.07, 6.45) is 0.787. The lowest BCUT2D eigenvalue weighted by atomic mass is 10.1. The molecular weight excluding hydrogens is 216 g/mol. The number of benzene rings is 1. The van der Waals surface area contributed by atoms with E-state index in [0.717, 1.165) is 23.8 Å². The molecule has 1 N–H and O–H groups in total. The maximum Gasteiger partial charge on any atom is 0.253 e. The molecule has 0 aliphatic carbocycles. The minimum Gasteiger partial charge on any atom is -0.345 e. The molecule has 17 heavy (non-hydrogen) atoms. The first-order valence-electron chi connectivity index (χ1n) is 5.62. The van der Waals surface area contributed by atoms with Crippen molar-refractivity contribution in [2.45, 2.75) is 19.9 Å². The lowest BCUT2D eigenvalue weighted by Crippen LogP contribution is -2.21. The number of nitrogens with one attached hydrogen (secondary N) is 1. The van der Waals surface area contributed by atoms with Gasteiger partial charge in [-0.2, -0.15) is 0 Å². The van der Waals surface area contributed by atoms with Crippen LogP contribution in [0, 0.1) is 0 Å². The predicted octanol–water partition coefficient (Wildman–Crippen LogP) is 1.07. The zero-order valence-corrected chi connectivity index (χ0v) is 9.47. The van der Waals surface area contributed by atoms with Crippen molar-refractivity contribution < 1.29 is 4.79 Å². The summed E-state index contributed by atoms with van der Waals surface area (Å²) in [6.45, 7) is 2.45. The van der Waals surface area contributed by atoms with E-state index in [2.05, 4.69) is 15.5 Å². The van der Waals surface area contributed by atoms with E-state index in [4.69, 9.17) is 0 Å². The van der Waals surface area contributed by atoms with Gasteiger partial charge >= 0.3 is 0 Å². The quantitative estimate of drug-likeness (QED) is 0.794. The van der Waals surface area contributed by atoms with Crippen LogP contribution in [0.1, 0.15) is 28.9 Å². The van der Waals surface area contributed by atoms with Crippen LogP contribution in [0.15, 0.2) is 24.3 Å². The second kappa shape index (κ2) is 3.69. The first-order valence-corrected chi connectivity index (χ1v) is 5.62. The molecule has 1 aromatic heterocycles. The van der Waals surface area contributed by atoms with Gasteiger partial charge < -0.3 is 5.32 Å². The SMILES string of the molecule is CCc1nnc2n1-c1ccccc1C(=O)NC2. The molecule has 86 valence electrons. The smallest absolute Gasteiger partial charge is 0.253 e. The molecular formula is C12H12N4O. The molecule has 1 aromatic carbocycles. The molecule has 1 aliphatic heterocycles. The van der Waals surface area contributed by atoms with Crippen molar-refractivity contribution in [3.63, 3.8) is 0 Å². The first kappa shape index (κ1) is 10.0. The fourth-order valence-corrected chi connectivity index (χ4v) is 2.09. The molecule has 0 saturated heterocycles. The molecule has 0 bridgehead atoms. The summed E-state index contributed by atoms with van der Waals surface area (Å²) in [4.78, 5) is 11.9. The number of aryl methyl sites for hydroxylation is 1. The molecule has 0 radical (unpaired) electrons. The van der Waals surface area contributed by atoms with E-state index in [9.17, 15) is 4.79 Å². The van der Waals surface area contributed by atoms with Crippen molar-refractivity contribution in [2.24, 2.45) is 0 Å².